The van der Waals surface area contributed by atoms with Crippen molar-refractivity contribution in [1.82, 2.24) is 15.5 Å². The van der Waals surface area contributed by atoms with E-state index in [1.807, 2.05) is 25.2 Å². The quantitative estimate of drug-likeness (QED) is 0.540. The molecule has 152 valence electrons. The maximum absolute atomic E-state index is 5.37. The highest BCUT2D eigenvalue weighted by Crippen LogP contribution is 2.27. The van der Waals surface area contributed by atoms with Gasteiger partial charge >= 0.3 is 0 Å². The first-order valence-electron chi connectivity index (χ1n) is 9.93. The highest BCUT2D eigenvalue weighted by molar-refractivity contribution is 5.79. The second-order valence-electron chi connectivity index (χ2n) is 7.66. The van der Waals surface area contributed by atoms with Crippen molar-refractivity contribution in [2.45, 2.75) is 33.2 Å². The minimum absolute atomic E-state index is 0.678. The topological polar surface area (TPSA) is 58.1 Å². The van der Waals surface area contributed by atoms with Crippen LogP contribution in [0.3, 0.4) is 0 Å². The second kappa shape index (κ2) is 11.0. The van der Waals surface area contributed by atoms with E-state index in [4.69, 9.17) is 9.47 Å². The Kier molecular flexibility index (Phi) is 8.72. The van der Waals surface area contributed by atoms with Gasteiger partial charge in [0.05, 0.1) is 14.2 Å². The number of nitrogens with zero attached hydrogens (tertiary/aromatic N) is 2. The maximum atomic E-state index is 5.37. The number of ether oxygens (including phenoxy) is 2. The zero-order valence-corrected chi connectivity index (χ0v) is 17.5. The van der Waals surface area contributed by atoms with E-state index in [-0.39, 0.29) is 0 Å². The summed E-state index contributed by atoms with van der Waals surface area (Å²) in [6.07, 6.45) is 2.57. The molecule has 6 heteroatoms. The van der Waals surface area contributed by atoms with Crippen LogP contribution in [0.5, 0.6) is 11.5 Å². The molecule has 1 heterocycles. The van der Waals surface area contributed by atoms with Crippen molar-refractivity contribution in [2.75, 3.05) is 47.4 Å². The fourth-order valence-electron chi connectivity index (χ4n) is 3.64. The molecule has 0 radical (unpaired) electrons. The van der Waals surface area contributed by atoms with E-state index >= 15 is 0 Å². The highest BCUT2D eigenvalue weighted by Gasteiger charge is 2.20. The van der Waals surface area contributed by atoms with Gasteiger partial charge in [0.15, 0.2) is 17.5 Å². The van der Waals surface area contributed by atoms with Gasteiger partial charge < -0.3 is 25.0 Å². The largest absolute Gasteiger partial charge is 0.493 e. The lowest BCUT2D eigenvalue weighted by atomic mass is 9.97. The summed E-state index contributed by atoms with van der Waals surface area (Å²) < 4.78 is 10.7. The van der Waals surface area contributed by atoms with Crippen molar-refractivity contribution in [2.24, 2.45) is 16.8 Å². The molecule has 1 saturated heterocycles. The van der Waals surface area contributed by atoms with Gasteiger partial charge in [-0.25, -0.2) is 0 Å². The molecule has 0 bridgehead atoms. The first-order valence-corrected chi connectivity index (χ1v) is 9.93. The number of aliphatic imine (C=N–C) groups is 1. The average Bonchev–Trinajstić information content (AvgIpc) is 2.67. The summed E-state index contributed by atoms with van der Waals surface area (Å²) in [5.41, 5.74) is 1.12. The molecular weight excluding hydrogens is 340 g/mol. The standard InChI is InChI=1S/C21H36N4O2/c1-16(2)14-25-10-6-7-18(15-25)13-24-21(22-3)23-12-17-8-9-19(26-4)20(11-17)27-5/h8-9,11,16,18H,6-7,10,12-15H2,1-5H3,(H2,22,23,24). The number of likely N-dealkylation sites (tertiary alicyclic amines) is 1. The first kappa shape index (κ1) is 21.4. The summed E-state index contributed by atoms with van der Waals surface area (Å²) in [6.45, 7) is 9.84. The molecule has 2 rings (SSSR count). The summed E-state index contributed by atoms with van der Waals surface area (Å²) >= 11 is 0. The van der Waals surface area contributed by atoms with Gasteiger partial charge in [0.25, 0.3) is 0 Å². The minimum Gasteiger partial charge on any atom is -0.493 e. The van der Waals surface area contributed by atoms with Crippen molar-refractivity contribution >= 4 is 5.96 Å². The van der Waals surface area contributed by atoms with Gasteiger partial charge in [-0.15, -0.1) is 0 Å². The summed E-state index contributed by atoms with van der Waals surface area (Å²) in [5, 5.41) is 6.88. The number of hydrogen-bond donors (Lipinski definition) is 2. The normalized spacial score (nSPS) is 18.4. The van der Waals surface area contributed by atoms with Crippen LogP contribution in [0.1, 0.15) is 32.3 Å². The Bertz CT molecular complexity index is 604. The lowest BCUT2D eigenvalue weighted by molar-refractivity contribution is 0.159. The first-order chi connectivity index (χ1) is 13.0. The molecule has 0 amide bonds. The van der Waals surface area contributed by atoms with E-state index in [1.54, 1.807) is 14.2 Å². The Hall–Kier alpha value is -1.95. The van der Waals surface area contributed by atoms with Crippen molar-refractivity contribution in [3.63, 3.8) is 0 Å². The van der Waals surface area contributed by atoms with Crippen molar-refractivity contribution < 1.29 is 9.47 Å². The highest BCUT2D eigenvalue weighted by atomic mass is 16.5. The van der Waals surface area contributed by atoms with Crippen LogP contribution < -0.4 is 20.1 Å². The van der Waals surface area contributed by atoms with Gasteiger partial charge in [0, 0.05) is 33.2 Å². The maximum Gasteiger partial charge on any atom is 0.191 e. The van der Waals surface area contributed by atoms with E-state index in [2.05, 4.69) is 34.4 Å². The van der Waals surface area contributed by atoms with Gasteiger partial charge in [-0.2, -0.15) is 0 Å². The summed E-state index contributed by atoms with van der Waals surface area (Å²) in [7, 11) is 5.12. The van der Waals surface area contributed by atoms with Gasteiger partial charge in [0.1, 0.15) is 0 Å². The van der Waals surface area contributed by atoms with Crippen LogP contribution in [0.4, 0.5) is 0 Å². The predicted molar refractivity (Wildman–Crippen MR) is 112 cm³/mol. The molecule has 1 aromatic rings. The third-order valence-electron chi connectivity index (χ3n) is 4.92. The lowest BCUT2D eigenvalue weighted by Crippen LogP contribution is -2.44. The van der Waals surface area contributed by atoms with Crippen molar-refractivity contribution in [3.8, 4) is 11.5 Å². The molecule has 1 aliphatic rings. The molecule has 0 aromatic heterocycles. The van der Waals surface area contributed by atoms with Crippen LogP contribution in [0.25, 0.3) is 0 Å². The Morgan fingerprint density at radius 1 is 1.22 bits per heavy atom. The molecule has 0 spiro atoms. The van der Waals surface area contributed by atoms with Crippen LogP contribution in [-0.4, -0.2) is 58.3 Å². The number of benzene rings is 1. The number of hydrogen-bond acceptors (Lipinski definition) is 4. The van der Waals surface area contributed by atoms with Crippen LogP contribution >= 0.6 is 0 Å². The molecule has 0 aliphatic carbocycles. The fourth-order valence-corrected chi connectivity index (χ4v) is 3.64. The molecule has 1 atom stereocenters. The zero-order valence-electron chi connectivity index (χ0n) is 17.5. The van der Waals surface area contributed by atoms with E-state index in [0.717, 1.165) is 35.5 Å². The number of methoxy groups -OCH3 is 2. The summed E-state index contributed by atoms with van der Waals surface area (Å²) in [4.78, 5) is 6.95. The molecule has 0 saturated carbocycles. The summed E-state index contributed by atoms with van der Waals surface area (Å²) in [5.74, 6) is 3.73. The predicted octanol–water partition coefficient (Wildman–Crippen LogP) is 2.74. The molecule has 2 N–H and O–H groups in total. The number of rotatable bonds is 8. The van der Waals surface area contributed by atoms with Crippen LogP contribution in [0.2, 0.25) is 0 Å². The van der Waals surface area contributed by atoms with Crippen molar-refractivity contribution in [3.05, 3.63) is 23.8 Å². The molecule has 1 fully saturated rings. The zero-order chi connectivity index (χ0) is 19.6. The van der Waals surface area contributed by atoms with E-state index in [0.29, 0.717) is 12.5 Å². The number of guanidine groups is 1. The van der Waals surface area contributed by atoms with Crippen molar-refractivity contribution in [1.29, 1.82) is 0 Å². The smallest absolute Gasteiger partial charge is 0.191 e. The minimum atomic E-state index is 0.678. The van der Waals surface area contributed by atoms with E-state index in [9.17, 15) is 0 Å². The van der Waals surface area contributed by atoms with Gasteiger partial charge in [-0.1, -0.05) is 19.9 Å². The number of nitrogens with one attached hydrogen (secondary N) is 2. The molecule has 1 aliphatic heterocycles. The monoisotopic (exact) mass is 376 g/mol. The molecule has 1 aromatic carbocycles. The van der Waals surface area contributed by atoms with E-state index in [1.165, 1.54) is 32.5 Å². The van der Waals surface area contributed by atoms with Crippen LogP contribution in [0, 0.1) is 11.8 Å². The second-order valence-corrected chi connectivity index (χ2v) is 7.66. The SMILES string of the molecule is CN=C(NCc1ccc(OC)c(OC)c1)NCC1CCCN(CC(C)C)C1. The van der Waals surface area contributed by atoms with Gasteiger partial charge in [0.2, 0.25) is 0 Å². The fraction of sp³-hybridized carbons (Fsp3) is 0.667. The van der Waals surface area contributed by atoms with Gasteiger partial charge in [-0.3, -0.25) is 4.99 Å². The Balaban J connectivity index is 1.80. The Morgan fingerprint density at radius 3 is 2.67 bits per heavy atom. The molecule has 1 unspecified atom stereocenters. The summed E-state index contributed by atoms with van der Waals surface area (Å²) in [6, 6.07) is 5.95. The third-order valence-corrected chi connectivity index (χ3v) is 4.92. The lowest BCUT2D eigenvalue weighted by Gasteiger charge is -2.34. The van der Waals surface area contributed by atoms with Crippen LogP contribution in [-0.2, 0) is 6.54 Å². The Morgan fingerprint density at radius 2 is 2.00 bits per heavy atom. The molecule has 27 heavy (non-hydrogen) atoms. The molecular formula is C21H36N4O2. The number of piperidine rings is 1. The Labute approximate surface area is 164 Å². The average molecular weight is 377 g/mol. The third kappa shape index (κ3) is 6.94. The van der Waals surface area contributed by atoms with E-state index < -0.39 is 0 Å². The van der Waals surface area contributed by atoms with Gasteiger partial charge in [-0.05, 0) is 48.9 Å². The molecule has 6 nitrogen and oxygen atoms in total. The van der Waals surface area contributed by atoms with Crippen LogP contribution in [0.15, 0.2) is 23.2 Å².